The van der Waals surface area contributed by atoms with Crippen LogP contribution in [0.15, 0.2) is 30.3 Å². The Morgan fingerprint density at radius 2 is 1.67 bits per heavy atom. The van der Waals surface area contributed by atoms with E-state index in [0.29, 0.717) is 19.6 Å². The summed E-state index contributed by atoms with van der Waals surface area (Å²) in [7, 11) is 0. The molecule has 0 aliphatic heterocycles. The molecule has 0 heterocycles. The molecular formula is C20H30O4. The largest absolute Gasteiger partial charge is 0.466 e. The minimum Gasteiger partial charge on any atom is -0.466 e. The summed E-state index contributed by atoms with van der Waals surface area (Å²) in [6.07, 6.45) is 2.58. The Balaban J connectivity index is 2.67. The molecule has 134 valence electrons. The molecule has 0 spiro atoms. The van der Waals surface area contributed by atoms with Gasteiger partial charge in [0.15, 0.2) is 0 Å². The van der Waals surface area contributed by atoms with Crippen LogP contribution >= 0.6 is 0 Å². The summed E-state index contributed by atoms with van der Waals surface area (Å²) in [5.74, 6) is -1.09. The summed E-state index contributed by atoms with van der Waals surface area (Å²) in [6.45, 7) is 8.45. The Hall–Kier alpha value is -1.84. The number of hydrogen-bond donors (Lipinski definition) is 0. The van der Waals surface area contributed by atoms with Gasteiger partial charge in [0, 0.05) is 0 Å². The van der Waals surface area contributed by atoms with Gasteiger partial charge in [-0.2, -0.15) is 0 Å². The number of aryl methyl sites for hydroxylation is 1. The van der Waals surface area contributed by atoms with Gasteiger partial charge in [-0.1, -0.05) is 44.2 Å². The van der Waals surface area contributed by atoms with E-state index in [0.717, 1.165) is 12.8 Å². The first-order valence-electron chi connectivity index (χ1n) is 8.74. The predicted molar refractivity (Wildman–Crippen MR) is 94.5 cm³/mol. The zero-order valence-corrected chi connectivity index (χ0v) is 15.3. The molecule has 1 aromatic carbocycles. The van der Waals surface area contributed by atoms with Gasteiger partial charge in [-0.25, -0.2) is 0 Å². The lowest BCUT2D eigenvalue weighted by Gasteiger charge is -2.28. The molecule has 0 bridgehead atoms. The molecule has 4 nitrogen and oxygen atoms in total. The van der Waals surface area contributed by atoms with E-state index in [1.165, 1.54) is 5.56 Å². The van der Waals surface area contributed by atoms with Crippen molar-refractivity contribution in [2.45, 2.75) is 53.4 Å². The summed E-state index contributed by atoms with van der Waals surface area (Å²) in [5, 5.41) is 0. The molecule has 1 rings (SSSR count). The zero-order chi connectivity index (χ0) is 18.0. The molecule has 1 aromatic rings. The minimum atomic E-state index is -0.449. The van der Waals surface area contributed by atoms with Crippen LogP contribution in [-0.2, 0) is 25.5 Å². The minimum absolute atomic E-state index is 0.0697. The van der Waals surface area contributed by atoms with Crippen molar-refractivity contribution in [3.63, 3.8) is 0 Å². The van der Waals surface area contributed by atoms with Gasteiger partial charge < -0.3 is 9.47 Å². The van der Waals surface area contributed by atoms with Crippen LogP contribution in [0.1, 0.15) is 52.5 Å². The molecule has 0 N–H and O–H groups in total. The Labute approximate surface area is 145 Å². The number of carbonyl (C=O) groups excluding carboxylic acids is 2. The summed E-state index contributed by atoms with van der Waals surface area (Å²) >= 11 is 0. The molecule has 0 fully saturated rings. The van der Waals surface area contributed by atoms with Crippen LogP contribution in [0.3, 0.4) is 0 Å². The van der Waals surface area contributed by atoms with Crippen LogP contribution in [0.25, 0.3) is 0 Å². The first kappa shape index (κ1) is 20.2. The SMILES string of the molecule is CCOC(=O)CC(CC(C)(C)CCc1ccccc1)C(=O)OCC. The molecule has 24 heavy (non-hydrogen) atoms. The maximum Gasteiger partial charge on any atom is 0.309 e. The maximum atomic E-state index is 12.2. The highest BCUT2D eigenvalue weighted by Gasteiger charge is 2.31. The lowest BCUT2D eigenvalue weighted by Crippen LogP contribution is -2.28. The Bertz CT molecular complexity index is 508. The molecule has 0 saturated carbocycles. The van der Waals surface area contributed by atoms with Crippen molar-refractivity contribution in [1.82, 2.24) is 0 Å². The van der Waals surface area contributed by atoms with Gasteiger partial charge in [-0.3, -0.25) is 9.59 Å². The molecule has 0 aromatic heterocycles. The number of rotatable bonds is 10. The van der Waals surface area contributed by atoms with E-state index in [9.17, 15) is 9.59 Å². The number of benzene rings is 1. The number of ether oxygens (including phenoxy) is 2. The quantitative estimate of drug-likeness (QED) is 0.603. The maximum absolute atomic E-state index is 12.2. The summed E-state index contributed by atoms with van der Waals surface area (Å²) < 4.78 is 10.1. The Morgan fingerprint density at radius 1 is 1.04 bits per heavy atom. The third kappa shape index (κ3) is 7.62. The van der Waals surface area contributed by atoms with Gasteiger partial charge in [0.2, 0.25) is 0 Å². The molecule has 0 saturated heterocycles. The van der Waals surface area contributed by atoms with Crippen molar-refractivity contribution in [2.24, 2.45) is 11.3 Å². The van der Waals surface area contributed by atoms with E-state index < -0.39 is 5.92 Å². The standard InChI is InChI=1S/C20H30O4/c1-5-23-18(21)14-17(19(22)24-6-2)15-20(3,4)13-12-16-10-8-7-9-11-16/h7-11,17H,5-6,12-15H2,1-4H3. The zero-order valence-electron chi connectivity index (χ0n) is 15.3. The lowest BCUT2D eigenvalue weighted by atomic mass is 9.77. The predicted octanol–water partition coefficient (Wildman–Crippen LogP) is 4.17. The van der Waals surface area contributed by atoms with Crippen molar-refractivity contribution < 1.29 is 19.1 Å². The second-order valence-corrected chi connectivity index (χ2v) is 6.81. The molecular weight excluding hydrogens is 304 g/mol. The van der Waals surface area contributed by atoms with Crippen molar-refractivity contribution in [3.05, 3.63) is 35.9 Å². The van der Waals surface area contributed by atoms with Crippen LogP contribution in [0.5, 0.6) is 0 Å². The van der Waals surface area contributed by atoms with Crippen LogP contribution in [0.4, 0.5) is 0 Å². The number of carbonyl (C=O) groups is 2. The topological polar surface area (TPSA) is 52.6 Å². The Morgan fingerprint density at radius 3 is 2.25 bits per heavy atom. The molecule has 1 atom stereocenters. The van der Waals surface area contributed by atoms with Gasteiger partial charge in [-0.05, 0) is 44.1 Å². The average Bonchev–Trinajstić information content (AvgIpc) is 2.54. The highest BCUT2D eigenvalue weighted by atomic mass is 16.5. The smallest absolute Gasteiger partial charge is 0.309 e. The fourth-order valence-corrected chi connectivity index (χ4v) is 2.82. The molecule has 0 radical (unpaired) electrons. The lowest BCUT2D eigenvalue weighted by molar-refractivity contribution is -0.155. The molecule has 1 unspecified atom stereocenters. The van der Waals surface area contributed by atoms with Gasteiger partial charge in [0.1, 0.15) is 0 Å². The van der Waals surface area contributed by atoms with E-state index in [1.54, 1.807) is 13.8 Å². The van der Waals surface area contributed by atoms with Crippen LogP contribution in [-0.4, -0.2) is 25.2 Å². The molecule has 0 aliphatic carbocycles. The van der Waals surface area contributed by atoms with Crippen molar-refractivity contribution in [2.75, 3.05) is 13.2 Å². The molecule has 0 aliphatic rings. The van der Waals surface area contributed by atoms with E-state index in [1.807, 2.05) is 18.2 Å². The Kier molecular flexibility index (Phi) is 8.51. The highest BCUT2D eigenvalue weighted by Crippen LogP contribution is 2.33. The van der Waals surface area contributed by atoms with Crippen molar-refractivity contribution in [1.29, 1.82) is 0 Å². The van der Waals surface area contributed by atoms with Crippen LogP contribution < -0.4 is 0 Å². The first-order chi connectivity index (χ1) is 11.4. The fourth-order valence-electron chi connectivity index (χ4n) is 2.82. The second-order valence-electron chi connectivity index (χ2n) is 6.81. The van der Waals surface area contributed by atoms with Gasteiger partial charge in [0.05, 0.1) is 25.6 Å². The number of hydrogen-bond acceptors (Lipinski definition) is 4. The molecule has 0 amide bonds. The second kappa shape index (κ2) is 10.1. The van der Waals surface area contributed by atoms with E-state index in [2.05, 4.69) is 26.0 Å². The summed E-state index contributed by atoms with van der Waals surface area (Å²) in [5.41, 5.74) is 1.21. The van der Waals surface area contributed by atoms with Gasteiger partial charge >= 0.3 is 11.9 Å². The van der Waals surface area contributed by atoms with Crippen molar-refractivity contribution >= 4 is 11.9 Å². The monoisotopic (exact) mass is 334 g/mol. The third-order valence-corrected chi connectivity index (χ3v) is 4.07. The van der Waals surface area contributed by atoms with Gasteiger partial charge in [-0.15, -0.1) is 0 Å². The first-order valence-corrected chi connectivity index (χ1v) is 8.74. The van der Waals surface area contributed by atoms with E-state index >= 15 is 0 Å². The van der Waals surface area contributed by atoms with Crippen LogP contribution in [0.2, 0.25) is 0 Å². The number of esters is 2. The fraction of sp³-hybridized carbons (Fsp3) is 0.600. The highest BCUT2D eigenvalue weighted by molar-refractivity contribution is 5.80. The van der Waals surface area contributed by atoms with E-state index in [4.69, 9.17) is 9.47 Å². The van der Waals surface area contributed by atoms with Crippen molar-refractivity contribution in [3.8, 4) is 0 Å². The third-order valence-electron chi connectivity index (χ3n) is 4.07. The summed E-state index contributed by atoms with van der Waals surface area (Å²) in [4.78, 5) is 24.0. The van der Waals surface area contributed by atoms with E-state index in [-0.39, 0.29) is 23.8 Å². The average molecular weight is 334 g/mol. The molecule has 4 heteroatoms. The normalized spacial score (nSPS) is 12.5. The summed E-state index contributed by atoms with van der Waals surface area (Å²) in [6, 6.07) is 10.3. The van der Waals surface area contributed by atoms with Gasteiger partial charge in [0.25, 0.3) is 0 Å². The van der Waals surface area contributed by atoms with Crippen LogP contribution in [0, 0.1) is 11.3 Å².